The zero-order valence-electron chi connectivity index (χ0n) is 11.4. The Morgan fingerprint density at radius 2 is 2.05 bits per heavy atom. The Hall–Kier alpha value is -2.01. The average Bonchev–Trinajstić information content (AvgIpc) is 2.90. The number of aryl methyl sites for hydroxylation is 1. The van der Waals surface area contributed by atoms with Gasteiger partial charge < -0.3 is 14.8 Å². The molecular formula is C15H17N3O2. The first kappa shape index (κ1) is 11.8. The first-order chi connectivity index (χ1) is 9.83. The molecule has 1 N–H and O–H groups in total. The lowest BCUT2D eigenvalue weighted by atomic mass is 9.91. The van der Waals surface area contributed by atoms with Gasteiger partial charge in [-0.15, -0.1) is 0 Å². The maximum atomic E-state index is 5.71. The largest absolute Gasteiger partial charge is 0.486 e. The molecule has 0 aliphatic carbocycles. The average molecular weight is 271 g/mol. The van der Waals surface area contributed by atoms with Crippen molar-refractivity contribution in [2.24, 2.45) is 7.05 Å². The summed E-state index contributed by atoms with van der Waals surface area (Å²) in [5.74, 6) is 1.73. The molecule has 20 heavy (non-hydrogen) atoms. The van der Waals surface area contributed by atoms with Gasteiger partial charge in [0.05, 0.1) is 11.7 Å². The summed E-state index contributed by atoms with van der Waals surface area (Å²) in [6, 6.07) is 6.48. The van der Waals surface area contributed by atoms with Gasteiger partial charge in [0.25, 0.3) is 0 Å². The van der Waals surface area contributed by atoms with Crippen LogP contribution in [0.2, 0.25) is 0 Å². The van der Waals surface area contributed by atoms with Crippen molar-refractivity contribution in [3.63, 3.8) is 0 Å². The third-order valence-corrected chi connectivity index (χ3v) is 4.01. The van der Waals surface area contributed by atoms with Crippen LogP contribution in [0.25, 0.3) is 0 Å². The number of hydrogen-bond donors (Lipinski definition) is 1. The van der Waals surface area contributed by atoms with Crippen LogP contribution in [0, 0.1) is 0 Å². The highest BCUT2D eigenvalue weighted by molar-refractivity contribution is 5.51. The summed E-state index contributed by atoms with van der Waals surface area (Å²) in [6.45, 7) is 2.22. The highest BCUT2D eigenvalue weighted by Gasteiger charge is 2.26. The number of nitrogens with zero attached hydrogens (tertiary/aromatic N) is 2. The summed E-state index contributed by atoms with van der Waals surface area (Å²) < 4.78 is 13.3. The van der Waals surface area contributed by atoms with E-state index in [1.54, 1.807) is 0 Å². The molecule has 0 saturated carbocycles. The maximum Gasteiger partial charge on any atom is 0.161 e. The highest BCUT2D eigenvalue weighted by atomic mass is 16.6. The van der Waals surface area contributed by atoms with Crippen molar-refractivity contribution in [1.82, 2.24) is 15.1 Å². The number of nitrogens with one attached hydrogen (secondary N) is 1. The van der Waals surface area contributed by atoms with Crippen LogP contribution in [0.4, 0.5) is 0 Å². The number of rotatable bonds is 1. The molecule has 0 amide bonds. The van der Waals surface area contributed by atoms with Crippen LogP contribution in [-0.2, 0) is 13.5 Å². The molecule has 0 spiro atoms. The van der Waals surface area contributed by atoms with Gasteiger partial charge >= 0.3 is 0 Å². The number of aromatic nitrogens is 2. The number of hydrogen-bond acceptors (Lipinski definition) is 4. The standard InChI is InChI=1S/C15H17N3O2/c1-18-12(3-5-17-18)15-11-9-14-13(19-6-7-20-14)8-10(11)2-4-16-15/h3,5,8-9,15-16H,2,4,6-7H2,1H3. The molecule has 1 atom stereocenters. The van der Waals surface area contributed by atoms with E-state index in [9.17, 15) is 0 Å². The maximum absolute atomic E-state index is 5.71. The van der Waals surface area contributed by atoms with E-state index in [1.807, 2.05) is 17.9 Å². The van der Waals surface area contributed by atoms with Crippen molar-refractivity contribution in [2.45, 2.75) is 12.5 Å². The summed E-state index contributed by atoms with van der Waals surface area (Å²) in [7, 11) is 1.98. The second-order valence-corrected chi connectivity index (χ2v) is 5.21. The molecule has 2 aromatic rings. The lowest BCUT2D eigenvalue weighted by Gasteiger charge is -2.29. The molecule has 1 unspecified atom stereocenters. The number of fused-ring (bicyclic) bond motifs is 2. The SMILES string of the molecule is Cn1nccc1C1NCCc2cc3c(cc21)OCCO3. The third kappa shape index (κ3) is 1.78. The van der Waals surface area contributed by atoms with Gasteiger partial charge in [0.15, 0.2) is 11.5 Å². The molecule has 2 aliphatic rings. The minimum absolute atomic E-state index is 0.169. The normalized spacial score (nSPS) is 20.6. The van der Waals surface area contributed by atoms with Crippen LogP contribution in [0.15, 0.2) is 24.4 Å². The molecule has 104 valence electrons. The first-order valence-electron chi connectivity index (χ1n) is 6.96. The highest BCUT2D eigenvalue weighted by Crippen LogP contribution is 2.38. The van der Waals surface area contributed by atoms with Crippen molar-refractivity contribution in [3.05, 3.63) is 41.2 Å². The molecular weight excluding hydrogens is 254 g/mol. The van der Waals surface area contributed by atoms with Crippen molar-refractivity contribution >= 4 is 0 Å². The number of ether oxygens (including phenoxy) is 2. The Labute approximate surface area is 117 Å². The van der Waals surface area contributed by atoms with E-state index < -0.39 is 0 Å². The van der Waals surface area contributed by atoms with Crippen LogP contribution in [0.3, 0.4) is 0 Å². The monoisotopic (exact) mass is 271 g/mol. The van der Waals surface area contributed by atoms with Gasteiger partial charge in [-0.2, -0.15) is 5.10 Å². The molecule has 0 bridgehead atoms. The van der Waals surface area contributed by atoms with Gasteiger partial charge in [-0.1, -0.05) is 0 Å². The van der Waals surface area contributed by atoms with Crippen molar-refractivity contribution in [1.29, 1.82) is 0 Å². The Balaban J connectivity index is 1.82. The first-order valence-corrected chi connectivity index (χ1v) is 6.96. The van der Waals surface area contributed by atoms with Gasteiger partial charge in [0.1, 0.15) is 13.2 Å². The smallest absolute Gasteiger partial charge is 0.161 e. The van der Waals surface area contributed by atoms with E-state index in [2.05, 4.69) is 28.6 Å². The van der Waals surface area contributed by atoms with E-state index in [4.69, 9.17) is 9.47 Å². The van der Waals surface area contributed by atoms with E-state index in [1.165, 1.54) is 16.8 Å². The lowest BCUT2D eigenvalue weighted by Crippen LogP contribution is -2.32. The summed E-state index contributed by atoms with van der Waals surface area (Å²) in [6.07, 6.45) is 2.85. The van der Waals surface area contributed by atoms with E-state index in [0.717, 1.165) is 24.5 Å². The van der Waals surface area contributed by atoms with Crippen LogP contribution >= 0.6 is 0 Å². The molecule has 0 radical (unpaired) electrons. The van der Waals surface area contributed by atoms with Crippen LogP contribution < -0.4 is 14.8 Å². The lowest BCUT2D eigenvalue weighted by molar-refractivity contribution is 0.171. The Bertz CT molecular complexity index is 651. The second-order valence-electron chi connectivity index (χ2n) is 5.21. The number of benzene rings is 1. The summed E-state index contributed by atoms with van der Waals surface area (Å²) in [4.78, 5) is 0. The van der Waals surface area contributed by atoms with E-state index >= 15 is 0 Å². The fraction of sp³-hybridized carbons (Fsp3) is 0.400. The van der Waals surface area contributed by atoms with Gasteiger partial charge in [0, 0.05) is 19.8 Å². The Kier molecular flexibility index (Phi) is 2.67. The Morgan fingerprint density at radius 1 is 1.25 bits per heavy atom. The second kappa shape index (κ2) is 4.52. The molecule has 3 heterocycles. The Morgan fingerprint density at radius 3 is 2.80 bits per heavy atom. The predicted octanol–water partition coefficient (Wildman–Crippen LogP) is 1.43. The zero-order chi connectivity index (χ0) is 13.5. The van der Waals surface area contributed by atoms with Crippen molar-refractivity contribution < 1.29 is 9.47 Å². The molecule has 0 saturated heterocycles. The van der Waals surface area contributed by atoms with Crippen LogP contribution in [0.1, 0.15) is 22.9 Å². The van der Waals surface area contributed by atoms with E-state index in [-0.39, 0.29) is 6.04 Å². The van der Waals surface area contributed by atoms with Gasteiger partial charge in [-0.05, 0) is 35.7 Å². The van der Waals surface area contributed by atoms with Crippen LogP contribution in [0.5, 0.6) is 11.5 Å². The fourth-order valence-corrected chi connectivity index (χ4v) is 3.02. The van der Waals surface area contributed by atoms with Gasteiger partial charge in [-0.3, -0.25) is 4.68 Å². The minimum Gasteiger partial charge on any atom is -0.486 e. The van der Waals surface area contributed by atoms with Gasteiger partial charge in [0.2, 0.25) is 0 Å². The summed E-state index contributed by atoms with van der Waals surface area (Å²) in [5, 5.41) is 7.84. The molecule has 4 rings (SSSR count). The molecule has 0 fully saturated rings. The van der Waals surface area contributed by atoms with Crippen molar-refractivity contribution in [3.8, 4) is 11.5 Å². The third-order valence-electron chi connectivity index (χ3n) is 4.01. The topological polar surface area (TPSA) is 48.3 Å². The quantitative estimate of drug-likeness (QED) is 0.852. The summed E-state index contributed by atoms with van der Waals surface area (Å²) >= 11 is 0. The molecule has 1 aromatic heterocycles. The molecule has 5 nitrogen and oxygen atoms in total. The summed E-state index contributed by atoms with van der Waals surface area (Å²) in [5.41, 5.74) is 3.77. The zero-order valence-corrected chi connectivity index (χ0v) is 11.4. The predicted molar refractivity (Wildman–Crippen MR) is 74.2 cm³/mol. The van der Waals surface area contributed by atoms with Crippen LogP contribution in [-0.4, -0.2) is 29.5 Å². The van der Waals surface area contributed by atoms with Gasteiger partial charge in [-0.25, -0.2) is 0 Å². The minimum atomic E-state index is 0.169. The molecule has 2 aliphatic heterocycles. The fourth-order valence-electron chi connectivity index (χ4n) is 3.02. The molecule has 5 heteroatoms. The molecule has 1 aromatic carbocycles. The van der Waals surface area contributed by atoms with E-state index in [0.29, 0.717) is 13.2 Å². The van der Waals surface area contributed by atoms with Crippen molar-refractivity contribution in [2.75, 3.05) is 19.8 Å².